The lowest BCUT2D eigenvalue weighted by Crippen LogP contribution is -2.41. The molecule has 0 bridgehead atoms. The van der Waals surface area contributed by atoms with Gasteiger partial charge in [0.05, 0.1) is 41.9 Å². The number of benzene rings is 1. The molecule has 0 saturated carbocycles. The third kappa shape index (κ3) is 7.43. The largest absolute Gasteiger partial charge is 0.493 e. The Balaban J connectivity index is 2.26. The van der Waals surface area contributed by atoms with Gasteiger partial charge in [0.2, 0.25) is 0 Å². The summed E-state index contributed by atoms with van der Waals surface area (Å²) >= 11 is 3.62. The Morgan fingerprint density at radius 2 is 1.91 bits per heavy atom. The third-order valence-electron chi connectivity index (χ3n) is 5.33. The van der Waals surface area contributed by atoms with Crippen molar-refractivity contribution in [3.63, 3.8) is 0 Å². The standard InChI is InChI=1S/C23H34N2O7S2/c1-5-31-21(26)11-9-13-32-20-15-18(25(28)29)16(14-19(20)30-4)22(27)24-12-8-10-17(24)23(33-6-2)34-7-3/h14-15,17,23H,5-13H2,1-4H3/t17-/m0/s1. The van der Waals surface area contributed by atoms with Crippen LogP contribution in [0.1, 0.15) is 56.8 Å². The molecule has 11 heteroatoms. The minimum absolute atomic E-state index is 0.00521. The van der Waals surface area contributed by atoms with Gasteiger partial charge in [0.25, 0.3) is 11.6 Å². The van der Waals surface area contributed by atoms with E-state index in [4.69, 9.17) is 14.2 Å². The molecular weight excluding hydrogens is 480 g/mol. The van der Waals surface area contributed by atoms with Gasteiger partial charge in [-0.05, 0) is 37.7 Å². The zero-order valence-electron chi connectivity index (χ0n) is 20.2. The highest BCUT2D eigenvalue weighted by molar-refractivity contribution is 8.17. The summed E-state index contributed by atoms with van der Waals surface area (Å²) in [7, 11) is 1.42. The van der Waals surface area contributed by atoms with Gasteiger partial charge >= 0.3 is 5.97 Å². The maximum Gasteiger partial charge on any atom is 0.305 e. The summed E-state index contributed by atoms with van der Waals surface area (Å²) in [5.74, 6) is 1.58. The topological polar surface area (TPSA) is 108 Å². The van der Waals surface area contributed by atoms with Crippen molar-refractivity contribution in [3.8, 4) is 11.5 Å². The molecule has 1 heterocycles. The normalized spacial score (nSPS) is 15.4. The van der Waals surface area contributed by atoms with E-state index in [9.17, 15) is 19.7 Å². The van der Waals surface area contributed by atoms with Gasteiger partial charge in [-0.1, -0.05) is 13.8 Å². The number of methoxy groups -OCH3 is 1. The number of likely N-dealkylation sites (tertiary alicyclic amines) is 1. The molecule has 1 aliphatic heterocycles. The summed E-state index contributed by atoms with van der Waals surface area (Å²) in [5, 5.41) is 11.9. The van der Waals surface area contributed by atoms with E-state index < -0.39 is 4.92 Å². The maximum atomic E-state index is 13.5. The first kappa shape index (κ1) is 28.1. The molecule has 1 aromatic rings. The van der Waals surface area contributed by atoms with Crippen LogP contribution in [0.25, 0.3) is 0 Å². The van der Waals surface area contributed by atoms with E-state index in [0.717, 1.165) is 24.3 Å². The van der Waals surface area contributed by atoms with Crippen molar-refractivity contribution in [2.45, 2.75) is 57.1 Å². The number of nitro groups is 1. The van der Waals surface area contributed by atoms with Gasteiger partial charge in [0.1, 0.15) is 5.56 Å². The average Bonchev–Trinajstić information content (AvgIpc) is 3.30. The molecule has 190 valence electrons. The number of esters is 1. The first-order chi connectivity index (χ1) is 16.4. The van der Waals surface area contributed by atoms with Crippen LogP contribution in [-0.4, -0.2) is 70.7 Å². The number of ether oxygens (including phenoxy) is 3. The van der Waals surface area contributed by atoms with Gasteiger partial charge in [-0.3, -0.25) is 19.7 Å². The zero-order valence-corrected chi connectivity index (χ0v) is 21.9. The number of hydrogen-bond acceptors (Lipinski definition) is 9. The smallest absolute Gasteiger partial charge is 0.305 e. The molecule has 9 nitrogen and oxygen atoms in total. The molecule has 1 amide bonds. The Hall–Kier alpha value is -2.14. The van der Waals surface area contributed by atoms with Crippen LogP contribution < -0.4 is 9.47 Å². The molecule has 1 aromatic carbocycles. The highest BCUT2D eigenvalue weighted by Gasteiger charge is 2.38. The Labute approximate surface area is 209 Å². The number of rotatable bonds is 14. The number of nitro benzene ring substituents is 1. The second kappa shape index (κ2) is 14.3. The van der Waals surface area contributed by atoms with E-state index in [1.807, 2.05) is 23.5 Å². The van der Waals surface area contributed by atoms with Crippen LogP contribution in [0.5, 0.6) is 11.5 Å². The molecular formula is C23H34N2O7S2. The molecule has 0 unspecified atom stereocenters. The molecule has 0 N–H and O–H groups in total. The Kier molecular flexibility index (Phi) is 11.8. The predicted molar refractivity (Wildman–Crippen MR) is 135 cm³/mol. The highest BCUT2D eigenvalue weighted by Crippen LogP contribution is 2.39. The highest BCUT2D eigenvalue weighted by atomic mass is 32.2. The van der Waals surface area contributed by atoms with Crippen molar-refractivity contribution < 1.29 is 28.7 Å². The predicted octanol–water partition coefficient (Wildman–Crippen LogP) is 4.76. The summed E-state index contributed by atoms with van der Waals surface area (Å²) in [5.41, 5.74) is -0.325. The monoisotopic (exact) mass is 514 g/mol. The third-order valence-corrected chi connectivity index (χ3v) is 8.10. The van der Waals surface area contributed by atoms with Crippen molar-refractivity contribution in [3.05, 3.63) is 27.8 Å². The van der Waals surface area contributed by atoms with Crippen LogP contribution in [0.4, 0.5) is 5.69 Å². The Bertz CT molecular complexity index is 847. The lowest BCUT2D eigenvalue weighted by molar-refractivity contribution is -0.385. The minimum Gasteiger partial charge on any atom is -0.493 e. The van der Waals surface area contributed by atoms with Crippen molar-refractivity contribution in [2.24, 2.45) is 0 Å². The molecule has 1 aliphatic rings. The van der Waals surface area contributed by atoms with Gasteiger partial charge in [-0.15, -0.1) is 23.5 Å². The van der Waals surface area contributed by atoms with Gasteiger partial charge in [-0.2, -0.15) is 0 Å². The van der Waals surface area contributed by atoms with Gasteiger partial charge < -0.3 is 19.1 Å². The van der Waals surface area contributed by atoms with E-state index in [0.29, 0.717) is 19.6 Å². The van der Waals surface area contributed by atoms with Crippen LogP contribution in [0.3, 0.4) is 0 Å². The summed E-state index contributed by atoms with van der Waals surface area (Å²) < 4.78 is 16.2. The lowest BCUT2D eigenvalue weighted by Gasteiger charge is -2.31. The molecule has 0 radical (unpaired) electrons. The van der Waals surface area contributed by atoms with E-state index in [2.05, 4.69) is 13.8 Å². The number of hydrogen-bond donors (Lipinski definition) is 0. The van der Waals surface area contributed by atoms with Crippen LogP contribution >= 0.6 is 23.5 Å². The van der Waals surface area contributed by atoms with Crippen LogP contribution in [0.15, 0.2) is 12.1 Å². The van der Waals surface area contributed by atoms with Crippen LogP contribution in [-0.2, 0) is 9.53 Å². The van der Waals surface area contributed by atoms with Crippen LogP contribution in [0.2, 0.25) is 0 Å². The second-order valence-corrected chi connectivity index (χ2v) is 10.7. The molecule has 0 spiro atoms. The molecule has 34 heavy (non-hydrogen) atoms. The average molecular weight is 515 g/mol. The number of carbonyl (C=O) groups is 2. The molecule has 1 atom stereocenters. The fraction of sp³-hybridized carbons (Fsp3) is 0.652. The van der Waals surface area contributed by atoms with E-state index in [1.54, 1.807) is 11.8 Å². The summed E-state index contributed by atoms with van der Waals surface area (Å²) in [6, 6.07) is 2.65. The van der Waals surface area contributed by atoms with E-state index in [1.165, 1.54) is 19.2 Å². The number of thioether (sulfide) groups is 2. The van der Waals surface area contributed by atoms with E-state index in [-0.39, 0.29) is 58.3 Å². The molecule has 2 rings (SSSR count). The van der Waals surface area contributed by atoms with Gasteiger partial charge in [0.15, 0.2) is 11.5 Å². The first-order valence-electron chi connectivity index (χ1n) is 11.6. The van der Waals surface area contributed by atoms with Crippen molar-refractivity contribution in [1.82, 2.24) is 4.90 Å². The SMILES string of the molecule is CCOC(=O)CCCOc1cc([N+](=O)[O-])c(C(=O)N2CCC[C@H]2C(SCC)SCC)cc1OC. The van der Waals surface area contributed by atoms with Gasteiger partial charge in [0, 0.05) is 19.0 Å². The fourth-order valence-corrected chi connectivity index (χ4v) is 6.73. The first-order valence-corrected chi connectivity index (χ1v) is 13.7. The summed E-state index contributed by atoms with van der Waals surface area (Å²) in [6.45, 7) is 6.95. The lowest BCUT2D eigenvalue weighted by atomic mass is 10.1. The number of nitrogens with zero attached hydrogens (tertiary/aromatic N) is 2. The molecule has 0 aliphatic carbocycles. The Morgan fingerprint density at radius 1 is 1.21 bits per heavy atom. The quantitative estimate of drug-likeness (QED) is 0.114. The van der Waals surface area contributed by atoms with Crippen molar-refractivity contribution in [1.29, 1.82) is 0 Å². The molecule has 1 saturated heterocycles. The van der Waals surface area contributed by atoms with Crippen LogP contribution in [0, 0.1) is 10.1 Å². The summed E-state index contributed by atoms with van der Waals surface area (Å²) in [4.78, 5) is 38.1. The number of carbonyl (C=O) groups excluding carboxylic acids is 2. The van der Waals surface area contributed by atoms with Gasteiger partial charge in [-0.25, -0.2) is 0 Å². The molecule has 1 fully saturated rings. The van der Waals surface area contributed by atoms with Crippen molar-refractivity contribution >= 4 is 41.1 Å². The summed E-state index contributed by atoms with van der Waals surface area (Å²) in [6.07, 6.45) is 2.31. The minimum atomic E-state index is -0.567. The fourth-order valence-electron chi connectivity index (χ4n) is 3.86. The molecule has 0 aromatic heterocycles. The second-order valence-electron chi connectivity index (χ2n) is 7.52. The van der Waals surface area contributed by atoms with Crippen molar-refractivity contribution in [2.75, 3.05) is 38.4 Å². The number of amides is 1. The maximum absolute atomic E-state index is 13.5. The Morgan fingerprint density at radius 3 is 2.50 bits per heavy atom. The zero-order chi connectivity index (χ0) is 25.1. The van der Waals surface area contributed by atoms with E-state index >= 15 is 0 Å².